The molecule has 0 fully saturated rings. The third kappa shape index (κ3) is 5.22. The molecule has 0 saturated carbocycles. The van der Waals surface area contributed by atoms with Crippen molar-refractivity contribution >= 4 is 11.9 Å². The molecule has 0 radical (unpaired) electrons. The second-order valence-corrected chi connectivity index (χ2v) is 8.41. The number of methoxy groups -OCH3 is 1. The van der Waals surface area contributed by atoms with Crippen LogP contribution in [0.2, 0.25) is 0 Å². The molecule has 2 heterocycles. The van der Waals surface area contributed by atoms with Gasteiger partial charge < -0.3 is 14.7 Å². The van der Waals surface area contributed by atoms with Gasteiger partial charge in [-0.2, -0.15) is 0 Å². The number of aromatic nitrogens is 3. The third-order valence-electron chi connectivity index (χ3n) is 6.19. The van der Waals surface area contributed by atoms with Gasteiger partial charge in [0.05, 0.1) is 19.2 Å². The molecule has 4 rings (SSSR count). The van der Waals surface area contributed by atoms with Crippen LogP contribution in [0.3, 0.4) is 0 Å². The zero-order valence-electron chi connectivity index (χ0n) is 18.9. The van der Waals surface area contributed by atoms with Crippen molar-refractivity contribution in [1.82, 2.24) is 19.9 Å². The van der Waals surface area contributed by atoms with Gasteiger partial charge in [0.2, 0.25) is 0 Å². The minimum atomic E-state index is -0.816. The maximum absolute atomic E-state index is 13.0. The molecule has 172 valence electrons. The van der Waals surface area contributed by atoms with E-state index >= 15 is 0 Å². The summed E-state index contributed by atoms with van der Waals surface area (Å²) in [5, 5.41) is 17.6. The van der Waals surface area contributed by atoms with Gasteiger partial charge in [-0.1, -0.05) is 23.4 Å². The predicted molar refractivity (Wildman–Crippen MR) is 122 cm³/mol. The first-order valence-corrected chi connectivity index (χ1v) is 11.1. The highest BCUT2D eigenvalue weighted by atomic mass is 16.5. The van der Waals surface area contributed by atoms with Crippen LogP contribution >= 0.6 is 0 Å². The van der Waals surface area contributed by atoms with E-state index in [4.69, 9.17) is 4.74 Å². The Morgan fingerprint density at radius 1 is 1.18 bits per heavy atom. The number of rotatable bonds is 8. The summed E-state index contributed by atoms with van der Waals surface area (Å²) >= 11 is 0. The highest BCUT2D eigenvalue weighted by molar-refractivity contribution is 5.94. The summed E-state index contributed by atoms with van der Waals surface area (Å²) in [6.45, 7) is 1.11. The molecule has 8 nitrogen and oxygen atoms in total. The lowest BCUT2D eigenvalue weighted by molar-refractivity contribution is -0.137. The van der Waals surface area contributed by atoms with Gasteiger partial charge in [0.15, 0.2) is 0 Å². The van der Waals surface area contributed by atoms with Gasteiger partial charge in [-0.25, -0.2) is 0 Å². The summed E-state index contributed by atoms with van der Waals surface area (Å²) in [7, 11) is 3.42. The van der Waals surface area contributed by atoms with Gasteiger partial charge in [-0.3, -0.25) is 14.3 Å². The Morgan fingerprint density at radius 2 is 1.97 bits per heavy atom. The van der Waals surface area contributed by atoms with E-state index in [1.165, 1.54) is 5.56 Å². The van der Waals surface area contributed by atoms with E-state index in [1.807, 2.05) is 36.3 Å². The molecule has 3 aromatic rings. The molecular weight excluding hydrogens is 420 g/mol. The van der Waals surface area contributed by atoms with Crippen LogP contribution in [0.5, 0.6) is 5.75 Å². The van der Waals surface area contributed by atoms with E-state index in [9.17, 15) is 14.7 Å². The number of amides is 1. The second kappa shape index (κ2) is 9.85. The van der Waals surface area contributed by atoms with Crippen molar-refractivity contribution in [2.75, 3.05) is 13.7 Å². The quantitative estimate of drug-likeness (QED) is 0.568. The van der Waals surface area contributed by atoms with Crippen LogP contribution in [0.1, 0.15) is 51.5 Å². The minimum Gasteiger partial charge on any atom is -0.497 e. The summed E-state index contributed by atoms with van der Waals surface area (Å²) in [5.41, 5.74) is 4.80. The number of hydrogen-bond acceptors (Lipinski definition) is 5. The van der Waals surface area contributed by atoms with Crippen LogP contribution in [-0.4, -0.2) is 50.5 Å². The Labute approximate surface area is 192 Å². The molecule has 1 atom stereocenters. The van der Waals surface area contributed by atoms with Gasteiger partial charge >= 0.3 is 5.97 Å². The van der Waals surface area contributed by atoms with Gasteiger partial charge in [0.25, 0.3) is 5.91 Å². The number of benzene rings is 2. The fraction of sp³-hybridized carbons (Fsp3) is 0.360. The molecule has 1 unspecified atom stereocenters. The molecule has 0 saturated heterocycles. The van der Waals surface area contributed by atoms with Crippen molar-refractivity contribution < 1.29 is 19.4 Å². The number of hydrogen-bond donors (Lipinski definition) is 1. The van der Waals surface area contributed by atoms with E-state index < -0.39 is 5.97 Å². The molecule has 1 amide bonds. The average molecular weight is 449 g/mol. The largest absolute Gasteiger partial charge is 0.497 e. The van der Waals surface area contributed by atoms with Crippen molar-refractivity contribution in [2.24, 2.45) is 7.05 Å². The third-order valence-corrected chi connectivity index (χ3v) is 6.19. The zero-order chi connectivity index (χ0) is 23.4. The summed E-state index contributed by atoms with van der Waals surface area (Å²) in [6, 6.07) is 13.2. The Kier molecular flexibility index (Phi) is 6.72. The van der Waals surface area contributed by atoms with Crippen molar-refractivity contribution in [3.63, 3.8) is 0 Å². The molecule has 2 aromatic carbocycles. The number of aryl methyl sites for hydroxylation is 2. The van der Waals surface area contributed by atoms with Crippen LogP contribution in [0.4, 0.5) is 0 Å². The molecule has 33 heavy (non-hydrogen) atoms. The van der Waals surface area contributed by atoms with Crippen LogP contribution in [0, 0.1) is 0 Å². The smallest absolute Gasteiger partial charge is 0.303 e. The number of carbonyl (C=O) groups is 2. The summed E-state index contributed by atoms with van der Waals surface area (Å²) in [4.78, 5) is 26.5. The molecule has 8 heteroatoms. The SMILES string of the molecule is COc1ccc(C(=O)N2CCc3c(cccc3C(CCc3cn(C)nn3)CC(=O)O)C2)cc1. The first-order chi connectivity index (χ1) is 15.9. The first-order valence-electron chi connectivity index (χ1n) is 11.1. The fourth-order valence-electron chi connectivity index (χ4n) is 4.52. The van der Waals surface area contributed by atoms with Gasteiger partial charge in [0.1, 0.15) is 5.75 Å². The molecule has 0 bridgehead atoms. The molecule has 0 spiro atoms. The lowest BCUT2D eigenvalue weighted by Crippen LogP contribution is -2.36. The second-order valence-electron chi connectivity index (χ2n) is 8.41. The van der Waals surface area contributed by atoms with Gasteiger partial charge in [-0.05, 0) is 66.1 Å². The van der Waals surface area contributed by atoms with Crippen LogP contribution in [-0.2, 0) is 31.2 Å². The Hall–Kier alpha value is -3.68. The summed E-state index contributed by atoms with van der Waals surface area (Å²) in [5.74, 6) is -0.239. The van der Waals surface area contributed by atoms with Crippen molar-refractivity contribution in [3.05, 3.63) is 76.6 Å². The van der Waals surface area contributed by atoms with E-state index in [0.717, 1.165) is 16.8 Å². The Morgan fingerprint density at radius 3 is 2.64 bits per heavy atom. The standard InChI is InChI=1S/C25H28N4O4/c1-28-16-20(26-27-28)9-6-18(14-24(30)31)22-5-3-4-19-15-29(13-12-23(19)22)25(32)17-7-10-21(33-2)11-8-17/h3-5,7-8,10-11,16,18H,6,9,12-15H2,1-2H3,(H,30,31). The Bertz CT molecular complexity index is 1140. The van der Waals surface area contributed by atoms with E-state index in [0.29, 0.717) is 43.7 Å². The van der Waals surface area contributed by atoms with Crippen LogP contribution in [0.25, 0.3) is 0 Å². The van der Waals surface area contributed by atoms with E-state index in [-0.39, 0.29) is 18.2 Å². The normalized spacial score (nSPS) is 13.9. The summed E-state index contributed by atoms with van der Waals surface area (Å²) < 4.78 is 6.83. The molecule has 1 N–H and O–H groups in total. The number of carboxylic acid groups (broad SMARTS) is 1. The molecular formula is C25H28N4O4. The Balaban J connectivity index is 1.53. The molecule has 1 aliphatic heterocycles. The number of aliphatic carboxylic acids is 1. The lowest BCUT2D eigenvalue weighted by atomic mass is 9.83. The number of ether oxygens (including phenoxy) is 1. The molecule has 1 aliphatic rings. The van der Waals surface area contributed by atoms with E-state index in [2.05, 4.69) is 10.3 Å². The number of fused-ring (bicyclic) bond motifs is 1. The van der Waals surface area contributed by atoms with Gasteiger partial charge in [0, 0.05) is 31.9 Å². The maximum Gasteiger partial charge on any atom is 0.303 e. The van der Waals surface area contributed by atoms with Crippen LogP contribution in [0.15, 0.2) is 48.7 Å². The highest BCUT2D eigenvalue weighted by Crippen LogP contribution is 2.33. The van der Waals surface area contributed by atoms with Crippen LogP contribution < -0.4 is 4.74 Å². The molecule has 0 aliphatic carbocycles. The highest BCUT2D eigenvalue weighted by Gasteiger charge is 2.26. The maximum atomic E-state index is 13.0. The van der Waals surface area contributed by atoms with Crippen molar-refractivity contribution in [1.29, 1.82) is 0 Å². The number of carbonyl (C=O) groups excluding carboxylic acids is 1. The minimum absolute atomic E-state index is 0.0153. The van der Waals surface area contributed by atoms with Crippen molar-refractivity contribution in [2.45, 2.75) is 38.1 Å². The first kappa shape index (κ1) is 22.5. The molecule has 1 aromatic heterocycles. The zero-order valence-corrected chi connectivity index (χ0v) is 18.9. The average Bonchev–Trinajstić information content (AvgIpc) is 3.25. The van der Waals surface area contributed by atoms with Gasteiger partial charge in [-0.15, -0.1) is 5.10 Å². The number of nitrogens with zero attached hydrogens (tertiary/aromatic N) is 4. The topological polar surface area (TPSA) is 97.5 Å². The predicted octanol–water partition coefficient (Wildman–Crippen LogP) is 3.21. The monoisotopic (exact) mass is 448 g/mol. The van der Waals surface area contributed by atoms with Crippen molar-refractivity contribution in [3.8, 4) is 5.75 Å². The number of carboxylic acids is 1. The van der Waals surface area contributed by atoms with E-state index in [1.54, 1.807) is 36.1 Å². The fourth-order valence-corrected chi connectivity index (χ4v) is 4.52. The summed E-state index contributed by atoms with van der Waals surface area (Å²) in [6.07, 6.45) is 3.97. The lowest BCUT2D eigenvalue weighted by Gasteiger charge is -2.32.